The van der Waals surface area contributed by atoms with E-state index in [9.17, 15) is 14.0 Å². The van der Waals surface area contributed by atoms with Crippen LogP contribution in [0.2, 0.25) is 0 Å². The average Bonchev–Trinajstić information content (AvgIpc) is 4.04. The number of nitrogens with zero attached hydrogens (tertiary/aromatic N) is 6. The Labute approximate surface area is 358 Å². The van der Waals surface area contributed by atoms with Gasteiger partial charge in [0.1, 0.15) is 47.1 Å². The Morgan fingerprint density at radius 1 is 0.952 bits per heavy atom. The van der Waals surface area contributed by atoms with Crippen molar-refractivity contribution < 1.29 is 35.6 Å². The van der Waals surface area contributed by atoms with Crippen molar-refractivity contribution in [3.05, 3.63) is 91.4 Å². The second-order valence-corrected chi connectivity index (χ2v) is 17.6. The first-order chi connectivity index (χ1) is 30.5. The number of terminal acetylenes is 1. The minimum atomic E-state index is -0.972. The van der Waals surface area contributed by atoms with Crippen LogP contribution < -0.4 is 26.6 Å². The summed E-state index contributed by atoms with van der Waals surface area (Å²) in [6, 6.07) is 6.31. The Bertz CT molecular complexity index is 2990. The molecule has 4 aromatic heterocycles. The summed E-state index contributed by atoms with van der Waals surface area (Å²) in [7, 11) is 0. The van der Waals surface area contributed by atoms with Crippen LogP contribution in [-0.2, 0) is 19.5 Å². The van der Waals surface area contributed by atoms with Crippen molar-refractivity contribution in [2.24, 2.45) is 0 Å². The van der Waals surface area contributed by atoms with Gasteiger partial charge in [-0.15, -0.1) is 6.42 Å². The van der Waals surface area contributed by atoms with E-state index in [1.54, 1.807) is 32.0 Å². The summed E-state index contributed by atoms with van der Waals surface area (Å²) in [5.74, 6) is 1.58. The van der Waals surface area contributed by atoms with Gasteiger partial charge in [0.05, 0.1) is 35.3 Å². The number of rotatable bonds is 9. The Balaban J connectivity index is 1.06. The van der Waals surface area contributed by atoms with Gasteiger partial charge in [0.2, 0.25) is 0 Å². The first-order valence-corrected chi connectivity index (χ1v) is 21.6. The number of aromatic nitrogens is 3. The third kappa shape index (κ3) is 6.59. The quantitative estimate of drug-likeness (QED) is 0.149. The fourth-order valence-corrected chi connectivity index (χ4v) is 11.2. The first kappa shape index (κ1) is 39.7. The molecule has 0 radical (unpaired) electrons. The number of hydrogen-bond acceptors (Lipinski definition) is 14. The van der Waals surface area contributed by atoms with Crippen LogP contribution in [0.5, 0.6) is 6.01 Å². The molecule has 63 heavy (non-hydrogen) atoms. The van der Waals surface area contributed by atoms with Gasteiger partial charge < -0.3 is 32.6 Å². The van der Waals surface area contributed by atoms with Crippen molar-refractivity contribution >= 4 is 33.2 Å². The van der Waals surface area contributed by atoms with E-state index >= 15 is 8.78 Å². The molecule has 14 nitrogen and oxygen atoms in total. The summed E-state index contributed by atoms with van der Waals surface area (Å²) in [4.78, 5) is 45.6. The molecule has 2 bridgehead atoms. The lowest BCUT2D eigenvalue weighted by atomic mass is 9.92. The van der Waals surface area contributed by atoms with Crippen molar-refractivity contribution in [3.63, 3.8) is 0 Å². The average molecular weight is 864 g/mol. The van der Waals surface area contributed by atoms with Gasteiger partial charge in [-0.05, 0) is 88.9 Å². The van der Waals surface area contributed by atoms with E-state index in [0.29, 0.717) is 89.5 Å². The summed E-state index contributed by atoms with van der Waals surface area (Å²) >= 11 is 0. The molecule has 5 aliphatic rings. The topological polar surface area (TPSA) is 156 Å². The molecule has 326 valence electrons. The molecule has 0 aliphatic carbocycles. The first-order valence-electron chi connectivity index (χ1n) is 21.6. The lowest BCUT2D eigenvalue weighted by molar-refractivity contribution is 0.106. The van der Waals surface area contributed by atoms with Gasteiger partial charge in [-0.25, -0.2) is 27.7 Å². The molecular formula is C46H44F3N7O7. The Hall–Kier alpha value is -6.12. The van der Waals surface area contributed by atoms with Crippen LogP contribution in [0, 0.1) is 37.8 Å². The summed E-state index contributed by atoms with van der Waals surface area (Å²) in [5, 5.41) is 4.52. The molecule has 4 fully saturated rings. The summed E-state index contributed by atoms with van der Waals surface area (Å²) in [5.41, 5.74) is 0.665. The molecule has 1 N–H and O–H groups in total. The highest BCUT2D eigenvalue weighted by molar-refractivity contribution is 6.04. The highest BCUT2D eigenvalue weighted by Crippen LogP contribution is 2.46. The number of alkyl halides is 1. The lowest BCUT2D eigenvalue weighted by Crippen LogP contribution is -2.60. The predicted molar refractivity (Wildman–Crippen MR) is 224 cm³/mol. The van der Waals surface area contributed by atoms with Crippen LogP contribution in [0.1, 0.15) is 79.2 Å². The van der Waals surface area contributed by atoms with Crippen LogP contribution in [-0.4, -0.2) is 80.8 Å². The van der Waals surface area contributed by atoms with Crippen LogP contribution in [0.15, 0.2) is 51.5 Å². The van der Waals surface area contributed by atoms with E-state index < -0.39 is 35.0 Å². The van der Waals surface area contributed by atoms with Crippen LogP contribution in [0.3, 0.4) is 0 Å². The van der Waals surface area contributed by atoms with E-state index in [1.807, 2.05) is 0 Å². The van der Waals surface area contributed by atoms with E-state index in [0.717, 1.165) is 38.6 Å². The summed E-state index contributed by atoms with van der Waals surface area (Å²) in [6.45, 7) is 5.64. The molecule has 9 heterocycles. The van der Waals surface area contributed by atoms with Crippen molar-refractivity contribution in [3.8, 4) is 29.6 Å². The van der Waals surface area contributed by atoms with E-state index in [-0.39, 0.29) is 65.4 Å². The van der Waals surface area contributed by atoms with Crippen LogP contribution >= 0.6 is 0 Å². The van der Waals surface area contributed by atoms with Gasteiger partial charge in [0, 0.05) is 54.3 Å². The number of aryl methyl sites for hydroxylation is 3. The fraction of sp³-hybridized carbons (Fsp3) is 0.457. The molecule has 0 spiro atoms. The number of anilines is 2. The van der Waals surface area contributed by atoms with Gasteiger partial charge in [0.25, 0.3) is 0 Å². The third-order valence-electron chi connectivity index (χ3n) is 14.1. The zero-order chi connectivity index (χ0) is 43.3. The van der Waals surface area contributed by atoms with Crippen molar-refractivity contribution in [2.75, 3.05) is 36.5 Å². The van der Waals surface area contributed by atoms with Crippen molar-refractivity contribution in [1.82, 2.24) is 24.8 Å². The SMILES string of the molecule is C#Cc1c(F)ccc2cc(NCc3oc(=O)oc3C)cc(-c3nc4c5c(nc(OC[C@@]67CCCN6C[C@H](F)C7)nc5c3F)N3C[C@H]5CC[C@@H]([C@H]3CCC4)N5Cc3oc(=O)oc3C)c12. The highest BCUT2D eigenvalue weighted by Gasteiger charge is 2.50. The molecule has 4 saturated heterocycles. The van der Waals surface area contributed by atoms with E-state index in [4.69, 9.17) is 43.8 Å². The number of benzene rings is 2. The van der Waals surface area contributed by atoms with Crippen molar-refractivity contribution in [1.29, 1.82) is 0 Å². The van der Waals surface area contributed by atoms with Gasteiger partial charge in [-0.1, -0.05) is 12.0 Å². The molecule has 17 heteroatoms. The molecule has 11 rings (SSSR count). The Morgan fingerprint density at radius 3 is 2.54 bits per heavy atom. The molecule has 0 saturated carbocycles. The zero-order valence-corrected chi connectivity index (χ0v) is 34.8. The maximum absolute atomic E-state index is 18.0. The van der Waals surface area contributed by atoms with Crippen molar-refractivity contribution in [2.45, 2.75) is 108 Å². The van der Waals surface area contributed by atoms with Gasteiger partial charge in [-0.3, -0.25) is 9.80 Å². The third-order valence-corrected chi connectivity index (χ3v) is 14.1. The summed E-state index contributed by atoms with van der Waals surface area (Å²) < 4.78 is 75.8. The molecule has 0 amide bonds. The smallest absolute Gasteiger partial charge is 0.461 e. The minimum Gasteiger partial charge on any atom is -0.461 e. The van der Waals surface area contributed by atoms with Gasteiger partial charge in [-0.2, -0.15) is 9.97 Å². The van der Waals surface area contributed by atoms with Gasteiger partial charge in [0.15, 0.2) is 17.3 Å². The molecule has 2 aromatic carbocycles. The lowest BCUT2D eigenvalue weighted by Gasteiger charge is -2.48. The normalized spacial score (nSPS) is 24.4. The van der Waals surface area contributed by atoms with E-state index in [1.165, 1.54) is 6.07 Å². The Morgan fingerprint density at radius 2 is 1.76 bits per heavy atom. The maximum atomic E-state index is 18.0. The number of halogens is 3. The number of nitrogens with one attached hydrogen (secondary N) is 1. The Kier molecular flexibility index (Phi) is 9.46. The second kappa shape index (κ2) is 15.0. The number of ether oxygens (including phenoxy) is 1. The molecule has 6 aromatic rings. The highest BCUT2D eigenvalue weighted by atomic mass is 19.1. The molecular weight excluding hydrogens is 820 g/mol. The number of pyridine rings is 1. The molecule has 5 atom stereocenters. The van der Waals surface area contributed by atoms with Crippen LogP contribution in [0.4, 0.5) is 24.7 Å². The van der Waals surface area contributed by atoms with Gasteiger partial charge >= 0.3 is 17.7 Å². The largest absolute Gasteiger partial charge is 0.519 e. The minimum absolute atomic E-state index is 0.00207. The monoisotopic (exact) mass is 863 g/mol. The second-order valence-electron chi connectivity index (χ2n) is 17.6. The molecule has 5 aliphatic heterocycles. The maximum Gasteiger partial charge on any atom is 0.519 e. The van der Waals surface area contributed by atoms with E-state index in [2.05, 4.69) is 25.9 Å². The number of fused-ring (bicyclic) bond motifs is 7. The standard InChI is InChI=1S/C46H44F3N7O7/c1-4-29-31(48)11-9-25-15-27(50-18-35-23(2)60-44(57)62-35)16-30(37(25)29)40-39(49)41-38-32(51-40)7-5-8-33-34-12-10-28(55(34)21-36-24(3)61-45(58)63-36)20-56(33)42(38)53-43(52-41)59-22-46-13-6-14-54(46)19-26(47)17-46/h1,9,11,15-16,26,28,33-34,50H,5-8,10,12-14,17-22H2,2-3H3/t26-,28-,33-,34+,46+/m1/s1. The number of piperazine rings is 1. The predicted octanol–water partition coefficient (Wildman–Crippen LogP) is 6.94. The fourth-order valence-electron chi connectivity index (χ4n) is 11.2. The summed E-state index contributed by atoms with van der Waals surface area (Å²) in [6.07, 6.45) is 10.7. The number of hydrogen-bond donors (Lipinski definition) is 1. The molecule has 0 unspecified atom stereocenters. The van der Waals surface area contributed by atoms with Crippen LogP contribution in [0.25, 0.3) is 32.9 Å². The zero-order valence-electron chi connectivity index (χ0n) is 34.8.